The number of sulfonamides is 1. The lowest BCUT2D eigenvalue weighted by Crippen LogP contribution is -2.36. The van der Waals surface area contributed by atoms with E-state index in [1.165, 1.54) is 23.5 Å². The highest BCUT2D eigenvalue weighted by Gasteiger charge is 2.23. The molecule has 12 nitrogen and oxygen atoms in total. The van der Waals surface area contributed by atoms with Gasteiger partial charge in [-0.25, -0.2) is 18.4 Å². The van der Waals surface area contributed by atoms with Crippen LogP contribution in [0.4, 0.5) is 22.2 Å². The number of morpholine rings is 1. The predicted octanol–water partition coefficient (Wildman–Crippen LogP) is 4.60. The Balaban J connectivity index is 1.64. The lowest BCUT2D eigenvalue weighted by atomic mass is 9.86. The van der Waals surface area contributed by atoms with Gasteiger partial charge in [-0.3, -0.25) is 9.52 Å². The van der Waals surface area contributed by atoms with Gasteiger partial charge in [-0.05, 0) is 47.7 Å². The number of benzene rings is 2. The van der Waals surface area contributed by atoms with Gasteiger partial charge in [-0.2, -0.15) is 5.10 Å². The van der Waals surface area contributed by atoms with Crippen molar-refractivity contribution in [1.29, 1.82) is 0 Å². The van der Waals surface area contributed by atoms with Crippen molar-refractivity contribution in [2.45, 2.75) is 33.1 Å². The first-order chi connectivity index (χ1) is 20.7. The zero-order chi connectivity index (χ0) is 32.2. The van der Waals surface area contributed by atoms with E-state index >= 15 is 0 Å². The number of aryl methyl sites for hydroxylation is 1. The zero-order valence-corrected chi connectivity index (χ0v) is 27.4. The molecule has 3 aromatic rings. The molecule has 0 saturated carbocycles. The van der Waals surface area contributed by atoms with Crippen molar-refractivity contribution in [1.82, 2.24) is 4.98 Å². The average Bonchev–Trinajstić information content (AvgIpc) is 3.46. The van der Waals surface area contributed by atoms with Crippen LogP contribution in [0.15, 0.2) is 47.8 Å². The van der Waals surface area contributed by atoms with Gasteiger partial charge in [0, 0.05) is 31.6 Å². The molecular weight excluding hydrogens is 603 g/mol. The number of carbonyl (C=O) groups excluding carboxylic acids is 1. The van der Waals surface area contributed by atoms with Crippen LogP contribution in [0.3, 0.4) is 0 Å². The Hall–Kier alpha value is -4.14. The van der Waals surface area contributed by atoms with Gasteiger partial charge in [0.05, 0.1) is 60.4 Å². The highest BCUT2D eigenvalue weighted by Crippen LogP contribution is 2.39. The summed E-state index contributed by atoms with van der Waals surface area (Å²) < 4.78 is 37.7. The van der Waals surface area contributed by atoms with E-state index in [9.17, 15) is 13.2 Å². The number of anilines is 4. The average molecular weight is 642 g/mol. The highest BCUT2D eigenvalue weighted by atomic mass is 32.2. The van der Waals surface area contributed by atoms with E-state index in [4.69, 9.17) is 15.2 Å². The Morgan fingerprint density at radius 1 is 1.23 bits per heavy atom. The third-order valence-electron chi connectivity index (χ3n) is 6.89. The number of nitrogens with one attached hydrogen (secondary N) is 2. The number of carbonyl (C=O) groups is 1. The minimum absolute atomic E-state index is 0.190. The molecule has 1 aromatic heterocycles. The number of ether oxygens (including phenoxy) is 2. The quantitative estimate of drug-likeness (QED) is 0.213. The van der Waals surface area contributed by atoms with Crippen molar-refractivity contribution >= 4 is 61.9 Å². The summed E-state index contributed by atoms with van der Waals surface area (Å²) in [5.74, 6) is -0.241. The maximum atomic E-state index is 13.6. The molecule has 1 fully saturated rings. The molecule has 0 unspecified atom stereocenters. The molecule has 1 aliphatic heterocycles. The van der Waals surface area contributed by atoms with Crippen LogP contribution in [-0.2, 0) is 20.2 Å². The van der Waals surface area contributed by atoms with Crippen LogP contribution in [0, 0.1) is 6.92 Å². The molecule has 4 N–H and O–H groups in total. The number of nitrogens with two attached hydrogens (primary N) is 1. The minimum Gasteiger partial charge on any atom is -0.492 e. The number of methoxy groups -OCH3 is 1. The lowest BCUT2D eigenvalue weighted by Gasteiger charge is -2.26. The van der Waals surface area contributed by atoms with Gasteiger partial charge in [0.15, 0.2) is 10.9 Å². The van der Waals surface area contributed by atoms with Crippen LogP contribution >= 0.6 is 11.3 Å². The van der Waals surface area contributed by atoms with Crippen LogP contribution in [0.2, 0.25) is 0 Å². The molecule has 1 amide bonds. The van der Waals surface area contributed by atoms with Crippen molar-refractivity contribution < 1.29 is 22.7 Å². The Bertz CT molecular complexity index is 1670. The Morgan fingerprint density at radius 3 is 2.52 bits per heavy atom. The lowest BCUT2D eigenvalue weighted by molar-refractivity contribution is 0.102. The topological polar surface area (TPSA) is 151 Å². The number of aromatic nitrogens is 1. The van der Waals surface area contributed by atoms with E-state index in [1.807, 2.05) is 27.7 Å². The van der Waals surface area contributed by atoms with Crippen LogP contribution in [-0.4, -0.2) is 65.7 Å². The maximum absolute atomic E-state index is 13.6. The molecular formula is C30H39N7O5S2. The zero-order valence-electron chi connectivity index (χ0n) is 25.8. The largest absolute Gasteiger partial charge is 0.492 e. The molecule has 2 aromatic carbocycles. The van der Waals surface area contributed by atoms with E-state index in [0.29, 0.717) is 35.8 Å². The van der Waals surface area contributed by atoms with E-state index in [-0.39, 0.29) is 16.9 Å². The van der Waals surface area contributed by atoms with Crippen molar-refractivity contribution in [3.8, 4) is 5.75 Å². The second kappa shape index (κ2) is 13.2. The first kappa shape index (κ1) is 32.8. The van der Waals surface area contributed by atoms with Crippen LogP contribution < -0.4 is 30.4 Å². The van der Waals surface area contributed by atoms with Crippen LogP contribution in [0.1, 0.15) is 47.1 Å². The smallest absolute Gasteiger partial charge is 0.255 e. The van der Waals surface area contributed by atoms with Crippen molar-refractivity contribution in [2.75, 3.05) is 59.6 Å². The molecule has 236 valence electrons. The number of hydrogen-bond acceptors (Lipinski definition) is 11. The normalized spacial score (nSPS) is 14.2. The Labute approximate surface area is 262 Å². The monoisotopic (exact) mass is 641 g/mol. The van der Waals surface area contributed by atoms with Gasteiger partial charge >= 0.3 is 0 Å². The van der Waals surface area contributed by atoms with Gasteiger partial charge in [0.2, 0.25) is 10.0 Å². The number of thiazole rings is 1. The van der Waals surface area contributed by atoms with Crippen LogP contribution in [0.5, 0.6) is 5.75 Å². The fourth-order valence-corrected chi connectivity index (χ4v) is 5.96. The van der Waals surface area contributed by atoms with E-state index in [0.717, 1.165) is 40.5 Å². The maximum Gasteiger partial charge on any atom is 0.255 e. The summed E-state index contributed by atoms with van der Waals surface area (Å²) in [5.41, 5.74) is 9.67. The number of hydrazone groups is 1. The van der Waals surface area contributed by atoms with E-state index < -0.39 is 15.9 Å². The molecule has 4 rings (SSSR count). The highest BCUT2D eigenvalue weighted by molar-refractivity contribution is 7.92. The molecule has 0 aliphatic carbocycles. The van der Waals surface area contributed by atoms with E-state index in [1.54, 1.807) is 42.7 Å². The third-order valence-corrected chi connectivity index (χ3v) is 8.59. The summed E-state index contributed by atoms with van der Waals surface area (Å²) in [6.45, 7) is 14.4. The number of hydrogen-bond donors (Lipinski definition) is 3. The van der Waals surface area contributed by atoms with E-state index in [2.05, 4.69) is 31.7 Å². The molecule has 1 saturated heterocycles. The second-order valence-electron chi connectivity index (χ2n) is 11.4. The summed E-state index contributed by atoms with van der Waals surface area (Å²) in [6, 6.07) is 8.66. The molecule has 1 aliphatic rings. The minimum atomic E-state index is -3.62. The summed E-state index contributed by atoms with van der Waals surface area (Å²) in [6.07, 6.45) is 4.43. The molecule has 2 heterocycles. The number of amides is 1. The third kappa shape index (κ3) is 7.87. The van der Waals surface area contributed by atoms with Gasteiger partial charge in [-0.15, -0.1) is 0 Å². The van der Waals surface area contributed by atoms with Gasteiger partial charge in [0.25, 0.3) is 5.91 Å². The summed E-state index contributed by atoms with van der Waals surface area (Å²) in [7, 11) is -2.20. The summed E-state index contributed by atoms with van der Waals surface area (Å²) in [5, 5.41) is 9.43. The standard InChI is InChI=1S/C30H39N7O5S2/c1-19-8-9-20(28(38)34-23-15-21(30(2,3)4)16-24(27(23)41-6)35-44(7,39)40)14-25(19)37(32-5)18-22(31)26-17-33-29(43-26)36-10-12-42-13-11-36/h8-9,14-18,35H,5,10-13,31H2,1-4,6-7H3,(H,34,38)/b22-18-. The fourth-order valence-electron chi connectivity index (χ4n) is 4.52. The molecule has 14 heteroatoms. The van der Waals surface area contributed by atoms with Crippen molar-refractivity contribution in [2.24, 2.45) is 10.8 Å². The molecule has 0 radical (unpaired) electrons. The predicted molar refractivity (Wildman–Crippen MR) is 179 cm³/mol. The number of nitrogens with zero attached hydrogens (tertiary/aromatic N) is 4. The fraction of sp³-hybridized carbons (Fsp3) is 0.367. The van der Waals surface area contributed by atoms with Crippen molar-refractivity contribution in [3.05, 3.63) is 64.3 Å². The first-order valence-electron chi connectivity index (χ1n) is 13.8. The molecule has 0 bridgehead atoms. The summed E-state index contributed by atoms with van der Waals surface area (Å²) in [4.78, 5) is 21.0. The first-order valence-corrected chi connectivity index (χ1v) is 16.6. The second-order valence-corrected chi connectivity index (χ2v) is 14.1. The van der Waals surface area contributed by atoms with Gasteiger partial charge in [-0.1, -0.05) is 38.2 Å². The van der Waals surface area contributed by atoms with Gasteiger partial charge in [0.1, 0.15) is 0 Å². The summed E-state index contributed by atoms with van der Waals surface area (Å²) >= 11 is 1.48. The van der Waals surface area contributed by atoms with Crippen molar-refractivity contribution in [3.63, 3.8) is 0 Å². The molecule has 44 heavy (non-hydrogen) atoms. The van der Waals surface area contributed by atoms with Crippen LogP contribution in [0.25, 0.3) is 5.70 Å². The molecule has 0 spiro atoms. The SMILES string of the molecule is C=NN(/C=C(\N)c1cnc(N2CCOCC2)s1)c1cc(C(=O)Nc2cc(C(C)(C)C)cc(NS(C)(=O)=O)c2OC)ccc1C. The van der Waals surface area contributed by atoms with Gasteiger partial charge < -0.3 is 25.4 Å². The Morgan fingerprint density at radius 2 is 1.91 bits per heavy atom. The number of rotatable bonds is 10. The Kier molecular flexibility index (Phi) is 9.86. The molecule has 0 atom stereocenters.